The lowest BCUT2D eigenvalue weighted by molar-refractivity contribution is 0.559. The van der Waals surface area contributed by atoms with Crippen LogP contribution in [-0.2, 0) is 12.0 Å². The van der Waals surface area contributed by atoms with Gasteiger partial charge in [-0.2, -0.15) is 11.8 Å². The normalized spacial score (nSPS) is 18.4. The maximum absolute atomic E-state index is 14.2. The number of halogens is 1. The van der Waals surface area contributed by atoms with E-state index in [0.29, 0.717) is 13.1 Å². The maximum atomic E-state index is 14.2. The molecule has 2 aromatic carbocycles. The second-order valence-electron chi connectivity index (χ2n) is 7.81. The van der Waals surface area contributed by atoms with E-state index in [1.54, 1.807) is 19.2 Å². The Morgan fingerprint density at radius 3 is 2.45 bits per heavy atom. The predicted molar refractivity (Wildman–Crippen MR) is 121 cm³/mol. The van der Waals surface area contributed by atoms with Crippen LogP contribution in [0.25, 0.3) is 0 Å². The fourth-order valence-electron chi connectivity index (χ4n) is 3.89. The first-order valence-electron chi connectivity index (χ1n) is 10.3. The Morgan fingerprint density at radius 2 is 1.79 bits per heavy atom. The minimum Gasteiger partial charge on any atom is -0.370 e. The molecule has 0 spiro atoms. The van der Waals surface area contributed by atoms with Crippen molar-refractivity contribution in [2.75, 3.05) is 43.1 Å². The highest BCUT2D eigenvalue weighted by atomic mass is 32.2. The van der Waals surface area contributed by atoms with E-state index in [1.165, 1.54) is 22.8 Å². The predicted octanol–water partition coefficient (Wildman–Crippen LogP) is 3.78. The summed E-state index contributed by atoms with van der Waals surface area (Å²) in [5, 5.41) is 6.77. The van der Waals surface area contributed by atoms with Gasteiger partial charge in [0.1, 0.15) is 5.82 Å². The molecule has 0 atom stereocenters. The summed E-state index contributed by atoms with van der Waals surface area (Å²) < 4.78 is 14.2. The average Bonchev–Trinajstić information content (AvgIpc) is 3.56. The molecule has 1 heterocycles. The van der Waals surface area contributed by atoms with Crippen molar-refractivity contribution in [3.63, 3.8) is 0 Å². The summed E-state index contributed by atoms with van der Waals surface area (Å²) in [7, 11) is 1.77. The van der Waals surface area contributed by atoms with E-state index in [1.807, 2.05) is 23.9 Å². The van der Waals surface area contributed by atoms with Crippen LogP contribution in [0.2, 0.25) is 0 Å². The van der Waals surface area contributed by atoms with E-state index in [0.717, 1.165) is 37.5 Å². The molecule has 0 unspecified atom stereocenters. The largest absolute Gasteiger partial charge is 0.370 e. The zero-order valence-electron chi connectivity index (χ0n) is 17.0. The molecule has 1 aliphatic carbocycles. The Labute approximate surface area is 177 Å². The van der Waals surface area contributed by atoms with E-state index in [2.05, 4.69) is 44.8 Å². The van der Waals surface area contributed by atoms with Gasteiger partial charge in [0.05, 0.1) is 0 Å². The number of nitrogens with one attached hydrogen (secondary N) is 2. The number of anilines is 1. The zero-order chi connectivity index (χ0) is 20.1. The van der Waals surface area contributed by atoms with E-state index < -0.39 is 0 Å². The number of hydrogen-bond acceptors (Lipinski definition) is 3. The molecule has 1 saturated carbocycles. The van der Waals surface area contributed by atoms with Gasteiger partial charge < -0.3 is 15.5 Å². The molecule has 6 heteroatoms. The molecule has 2 aliphatic rings. The van der Waals surface area contributed by atoms with Crippen LogP contribution in [-0.4, -0.2) is 44.1 Å². The van der Waals surface area contributed by atoms with Gasteiger partial charge in [-0.15, -0.1) is 0 Å². The lowest BCUT2D eigenvalue weighted by atomic mass is 9.95. The molecule has 2 fully saturated rings. The highest BCUT2D eigenvalue weighted by Crippen LogP contribution is 2.48. The van der Waals surface area contributed by atoms with Crippen molar-refractivity contribution in [2.45, 2.75) is 24.8 Å². The molecular formula is C23H29FN4S. The van der Waals surface area contributed by atoms with Gasteiger partial charge in [-0.25, -0.2) is 4.39 Å². The molecule has 4 rings (SSSR count). The van der Waals surface area contributed by atoms with Crippen molar-refractivity contribution in [2.24, 2.45) is 4.99 Å². The third kappa shape index (κ3) is 4.86. The van der Waals surface area contributed by atoms with Gasteiger partial charge >= 0.3 is 0 Å². The van der Waals surface area contributed by atoms with Crippen LogP contribution in [0.5, 0.6) is 0 Å². The quantitative estimate of drug-likeness (QED) is 0.560. The molecule has 4 nitrogen and oxygen atoms in total. The topological polar surface area (TPSA) is 39.7 Å². The molecule has 0 radical (unpaired) electrons. The third-order valence-corrected chi connectivity index (χ3v) is 6.83. The van der Waals surface area contributed by atoms with Gasteiger partial charge in [-0.1, -0.05) is 30.3 Å². The minimum atomic E-state index is -0.109. The molecular weight excluding hydrogens is 383 g/mol. The molecule has 2 aromatic rings. The summed E-state index contributed by atoms with van der Waals surface area (Å²) in [5.41, 5.74) is 3.24. The van der Waals surface area contributed by atoms with Crippen LogP contribution >= 0.6 is 11.8 Å². The molecule has 0 amide bonds. The standard InChI is InChI=1S/C23H29FN4S/c1-25-22(27-17-23(10-11-23)20-4-2-3-5-21(20)24)26-16-18-6-8-19(9-7-18)28-12-14-29-15-13-28/h2-9H,10-17H2,1H3,(H2,25,26,27). The Balaban J connectivity index is 1.29. The van der Waals surface area contributed by atoms with E-state index >= 15 is 0 Å². The summed E-state index contributed by atoms with van der Waals surface area (Å²) in [5.74, 6) is 3.06. The first kappa shape index (κ1) is 20.1. The number of hydrogen-bond donors (Lipinski definition) is 2. The van der Waals surface area contributed by atoms with E-state index in [9.17, 15) is 4.39 Å². The Morgan fingerprint density at radius 1 is 1.07 bits per heavy atom. The summed E-state index contributed by atoms with van der Waals surface area (Å²) in [6, 6.07) is 15.9. The van der Waals surface area contributed by atoms with Crippen molar-refractivity contribution < 1.29 is 4.39 Å². The van der Waals surface area contributed by atoms with Crippen molar-refractivity contribution in [1.82, 2.24) is 10.6 Å². The summed E-state index contributed by atoms with van der Waals surface area (Å²) in [6.45, 7) is 3.66. The Bertz CT molecular complexity index is 842. The number of benzene rings is 2. The first-order chi connectivity index (χ1) is 14.2. The Kier molecular flexibility index (Phi) is 6.28. The molecule has 2 N–H and O–H groups in total. The molecule has 0 bridgehead atoms. The number of rotatable bonds is 6. The first-order valence-corrected chi connectivity index (χ1v) is 11.5. The van der Waals surface area contributed by atoms with E-state index in [4.69, 9.17) is 0 Å². The highest BCUT2D eigenvalue weighted by molar-refractivity contribution is 7.99. The minimum absolute atomic E-state index is 0.0999. The van der Waals surface area contributed by atoms with Gasteiger partial charge in [0.25, 0.3) is 0 Å². The van der Waals surface area contributed by atoms with Crippen LogP contribution < -0.4 is 15.5 Å². The summed E-state index contributed by atoms with van der Waals surface area (Å²) in [6.07, 6.45) is 2.02. The van der Waals surface area contributed by atoms with E-state index in [-0.39, 0.29) is 11.2 Å². The van der Waals surface area contributed by atoms with Crippen molar-refractivity contribution >= 4 is 23.4 Å². The van der Waals surface area contributed by atoms with Crippen LogP contribution in [0.15, 0.2) is 53.5 Å². The number of nitrogens with zero attached hydrogens (tertiary/aromatic N) is 2. The monoisotopic (exact) mass is 412 g/mol. The van der Waals surface area contributed by atoms with Crippen LogP contribution in [0.4, 0.5) is 10.1 Å². The summed E-state index contributed by atoms with van der Waals surface area (Å²) in [4.78, 5) is 6.78. The molecule has 29 heavy (non-hydrogen) atoms. The third-order valence-electron chi connectivity index (χ3n) is 5.89. The SMILES string of the molecule is CN=C(NCc1ccc(N2CCSCC2)cc1)NCC1(c2ccccc2F)CC1. The van der Waals surface area contributed by atoms with Crippen molar-refractivity contribution in [1.29, 1.82) is 0 Å². The van der Waals surface area contributed by atoms with Crippen LogP contribution in [0, 0.1) is 5.82 Å². The van der Waals surface area contributed by atoms with Gasteiger partial charge in [0, 0.05) is 55.8 Å². The second-order valence-corrected chi connectivity index (χ2v) is 9.03. The number of aliphatic imine (C=N–C) groups is 1. The highest BCUT2D eigenvalue weighted by Gasteiger charge is 2.45. The van der Waals surface area contributed by atoms with Gasteiger partial charge in [0.15, 0.2) is 5.96 Å². The zero-order valence-corrected chi connectivity index (χ0v) is 17.8. The average molecular weight is 413 g/mol. The number of guanidine groups is 1. The lowest BCUT2D eigenvalue weighted by Gasteiger charge is -2.28. The van der Waals surface area contributed by atoms with Gasteiger partial charge in [0.2, 0.25) is 0 Å². The van der Waals surface area contributed by atoms with Crippen LogP contribution in [0.1, 0.15) is 24.0 Å². The molecule has 1 saturated heterocycles. The maximum Gasteiger partial charge on any atom is 0.191 e. The molecule has 0 aromatic heterocycles. The lowest BCUT2D eigenvalue weighted by Crippen LogP contribution is -2.41. The van der Waals surface area contributed by atoms with Crippen molar-refractivity contribution in [3.05, 3.63) is 65.5 Å². The fraction of sp³-hybridized carbons (Fsp3) is 0.435. The smallest absolute Gasteiger partial charge is 0.191 e. The fourth-order valence-corrected chi connectivity index (χ4v) is 4.79. The van der Waals surface area contributed by atoms with Gasteiger partial charge in [-0.3, -0.25) is 4.99 Å². The Hall–Kier alpha value is -2.21. The van der Waals surface area contributed by atoms with Gasteiger partial charge in [-0.05, 0) is 42.2 Å². The summed E-state index contributed by atoms with van der Waals surface area (Å²) >= 11 is 2.03. The number of thioether (sulfide) groups is 1. The van der Waals surface area contributed by atoms with Crippen LogP contribution in [0.3, 0.4) is 0 Å². The molecule has 1 aliphatic heterocycles. The molecule has 154 valence electrons. The second kappa shape index (κ2) is 9.08. The van der Waals surface area contributed by atoms with Crippen molar-refractivity contribution in [3.8, 4) is 0 Å².